The first-order valence-corrected chi connectivity index (χ1v) is 7.21. The van der Waals surface area contributed by atoms with Crippen LogP contribution in [-0.2, 0) is 6.42 Å². The number of halogens is 3. The summed E-state index contributed by atoms with van der Waals surface area (Å²) in [7, 11) is 1.58. The number of ether oxygens (including phenoxy) is 1. The third-order valence-corrected chi connectivity index (χ3v) is 4.02. The van der Waals surface area contributed by atoms with E-state index in [4.69, 9.17) is 22.1 Å². The topological polar surface area (TPSA) is 35.2 Å². The number of methoxy groups -OCH3 is 1. The molecule has 0 aliphatic rings. The van der Waals surface area contributed by atoms with Crippen LogP contribution in [0.15, 0.2) is 40.9 Å². The molecule has 2 nitrogen and oxygen atoms in total. The maximum atomic E-state index is 13.1. The van der Waals surface area contributed by atoms with E-state index in [1.54, 1.807) is 25.3 Å². The molecule has 0 spiro atoms. The maximum Gasteiger partial charge on any atom is 0.125 e. The Hall–Kier alpha value is -1.10. The highest BCUT2D eigenvalue weighted by molar-refractivity contribution is 9.10. The molecule has 2 N–H and O–H groups in total. The van der Waals surface area contributed by atoms with Crippen molar-refractivity contribution in [2.75, 3.05) is 7.11 Å². The first kappa shape index (κ1) is 15.3. The minimum Gasteiger partial charge on any atom is -0.496 e. The van der Waals surface area contributed by atoms with Gasteiger partial charge in [0.05, 0.1) is 7.11 Å². The SMILES string of the molecule is COc1cc(Cl)ccc1C(N)Cc1ccc(F)cc1Br. The lowest BCUT2D eigenvalue weighted by Crippen LogP contribution is -2.14. The first-order chi connectivity index (χ1) is 9.51. The predicted octanol–water partition coefficient (Wildman–Crippen LogP) is 4.49. The zero-order valence-electron chi connectivity index (χ0n) is 10.9. The fraction of sp³-hybridized carbons (Fsp3) is 0.200. The van der Waals surface area contributed by atoms with Gasteiger partial charge < -0.3 is 10.5 Å². The molecule has 2 aromatic rings. The van der Waals surface area contributed by atoms with E-state index in [0.29, 0.717) is 21.7 Å². The van der Waals surface area contributed by atoms with Gasteiger partial charge in [0.1, 0.15) is 11.6 Å². The second-order valence-corrected chi connectivity index (χ2v) is 5.72. The van der Waals surface area contributed by atoms with E-state index in [1.807, 2.05) is 6.07 Å². The average molecular weight is 359 g/mol. The zero-order chi connectivity index (χ0) is 14.7. The number of nitrogens with two attached hydrogens (primary N) is 1. The van der Waals surface area contributed by atoms with Crippen molar-refractivity contribution in [1.29, 1.82) is 0 Å². The molecule has 0 radical (unpaired) electrons. The Bertz CT molecular complexity index is 621. The molecule has 2 aromatic carbocycles. The van der Waals surface area contributed by atoms with E-state index in [2.05, 4.69) is 15.9 Å². The van der Waals surface area contributed by atoms with Crippen molar-refractivity contribution in [3.8, 4) is 5.75 Å². The molecule has 1 atom stereocenters. The van der Waals surface area contributed by atoms with Crippen LogP contribution < -0.4 is 10.5 Å². The second kappa shape index (κ2) is 6.57. The van der Waals surface area contributed by atoms with Crippen LogP contribution in [0.2, 0.25) is 5.02 Å². The van der Waals surface area contributed by atoms with E-state index >= 15 is 0 Å². The van der Waals surface area contributed by atoms with Crippen LogP contribution in [0.5, 0.6) is 5.75 Å². The third-order valence-electron chi connectivity index (χ3n) is 3.05. The largest absolute Gasteiger partial charge is 0.496 e. The Labute approximate surface area is 130 Å². The van der Waals surface area contributed by atoms with E-state index in [0.717, 1.165) is 11.1 Å². The molecule has 0 aromatic heterocycles. The smallest absolute Gasteiger partial charge is 0.125 e. The van der Waals surface area contributed by atoms with Gasteiger partial charge in [0.15, 0.2) is 0 Å². The highest BCUT2D eigenvalue weighted by Crippen LogP contribution is 2.30. The quantitative estimate of drug-likeness (QED) is 0.874. The predicted molar refractivity (Wildman–Crippen MR) is 82.7 cm³/mol. The fourth-order valence-electron chi connectivity index (χ4n) is 2.03. The van der Waals surface area contributed by atoms with E-state index in [1.165, 1.54) is 12.1 Å². The van der Waals surface area contributed by atoms with E-state index < -0.39 is 0 Å². The summed E-state index contributed by atoms with van der Waals surface area (Å²) in [4.78, 5) is 0. The number of hydrogen-bond donors (Lipinski definition) is 1. The zero-order valence-corrected chi connectivity index (χ0v) is 13.2. The molecule has 0 aliphatic carbocycles. The van der Waals surface area contributed by atoms with Gasteiger partial charge in [0, 0.05) is 21.1 Å². The van der Waals surface area contributed by atoms with Gasteiger partial charge in [-0.3, -0.25) is 0 Å². The van der Waals surface area contributed by atoms with Crippen molar-refractivity contribution in [2.45, 2.75) is 12.5 Å². The highest BCUT2D eigenvalue weighted by atomic mass is 79.9. The Morgan fingerprint density at radius 3 is 2.70 bits per heavy atom. The molecule has 0 heterocycles. The van der Waals surface area contributed by atoms with Crippen LogP contribution in [-0.4, -0.2) is 7.11 Å². The van der Waals surface area contributed by atoms with Gasteiger partial charge in [0.25, 0.3) is 0 Å². The molecule has 2 rings (SSSR count). The standard InChI is InChI=1S/C15H14BrClFNO/c1-20-15-7-10(17)3-5-12(15)14(19)6-9-2-4-11(18)8-13(9)16/h2-5,7-8,14H,6,19H2,1H3. The van der Waals surface area contributed by atoms with Gasteiger partial charge in [-0.2, -0.15) is 0 Å². The molecule has 0 aliphatic heterocycles. The van der Waals surface area contributed by atoms with Crippen LogP contribution in [0.4, 0.5) is 4.39 Å². The van der Waals surface area contributed by atoms with Crippen LogP contribution in [0.1, 0.15) is 17.2 Å². The normalized spacial score (nSPS) is 12.2. The Balaban J connectivity index is 2.25. The van der Waals surface area contributed by atoms with E-state index in [9.17, 15) is 4.39 Å². The molecule has 0 saturated heterocycles. The minimum atomic E-state index is -0.279. The van der Waals surface area contributed by atoms with Crippen LogP contribution >= 0.6 is 27.5 Å². The average Bonchev–Trinajstić information content (AvgIpc) is 2.41. The highest BCUT2D eigenvalue weighted by Gasteiger charge is 2.14. The molecular formula is C15H14BrClFNO. The lowest BCUT2D eigenvalue weighted by molar-refractivity contribution is 0.405. The molecule has 0 fully saturated rings. The van der Waals surface area contributed by atoms with Gasteiger partial charge in [-0.25, -0.2) is 4.39 Å². The fourth-order valence-corrected chi connectivity index (χ4v) is 2.70. The van der Waals surface area contributed by atoms with Gasteiger partial charge in [-0.15, -0.1) is 0 Å². The van der Waals surface area contributed by atoms with Gasteiger partial charge in [-0.1, -0.05) is 39.7 Å². The molecule has 106 valence electrons. The molecule has 1 unspecified atom stereocenters. The number of hydrogen-bond acceptors (Lipinski definition) is 2. The molecule has 0 saturated carbocycles. The summed E-state index contributed by atoms with van der Waals surface area (Å²) < 4.78 is 19.1. The molecule has 5 heteroatoms. The van der Waals surface area contributed by atoms with Gasteiger partial charge >= 0.3 is 0 Å². The summed E-state index contributed by atoms with van der Waals surface area (Å²) in [6.45, 7) is 0. The summed E-state index contributed by atoms with van der Waals surface area (Å²) in [5.74, 6) is 0.376. The van der Waals surface area contributed by atoms with Crippen molar-refractivity contribution in [3.05, 3.63) is 62.8 Å². The Kier molecular flexibility index (Phi) is 5.02. The molecule has 0 amide bonds. The lowest BCUT2D eigenvalue weighted by Gasteiger charge is -2.17. The molecule has 20 heavy (non-hydrogen) atoms. The molecule has 0 bridgehead atoms. The van der Waals surface area contributed by atoms with Crippen molar-refractivity contribution in [1.82, 2.24) is 0 Å². The van der Waals surface area contributed by atoms with Crippen LogP contribution in [0.25, 0.3) is 0 Å². The van der Waals surface area contributed by atoms with Gasteiger partial charge in [0.2, 0.25) is 0 Å². The minimum absolute atomic E-state index is 0.260. The van der Waals surface area contributed by atoms with Gasteiger partial charge in [-0.05, 0) is 36.2 Å². The van der Waals surface area contributed by atoms with Crippen molar-refractivity contribution in [2.24, 2.45) is 5.73 Å². The van der Waals surface area contributed by atoms with Crippen molar-refractivity contribution >= 4 is 27.5 Å². The maximum absolute atomic E-state index is 13.1. The third kappa shape index (κ3) is 3.51. The van der Waals surface area contributed by atoms with Crippen molar-refractivity contribution < 1.29 is 9.13 Å². The summed E-state index contributed by atoms with van der Waals surface area (Å²) in [5, 5.41) is 0.598. The Morgan fingerprint density at radius 2 is 2.05 bits per heavy atom. The summed E-state index contributed by atoms with van der Waals surface area (Å²) in [5.41, 5.74) is 8.03. The van der Waals surface area contributed by atoms with Crippen LogP contribution in [0.3, 0.4) is 0 Å². The summed E-state index contributed by atoms with van der Waals surface area (Å²) in [6, 6.07) is 9.68. The van der Waals surface area contributed by atoms with E-state index in [-0.39, 0.29) is 11.9 Å². The Morgan fingerprint density at radius 1 is 1.30 bits per heavy atom. The lowest BCUT2D eigenvalue weighted by atomic mass is 9.99. The number of benzene rings is 2. The summed E-state index contributed by atoms with van der Waals surface area (Å²) in [6.07, 6.45) is 0.568. The first-order valence-electron chi connectivity index (χ1n) is 6.04. The van der Waals surface area contributed by atoms with Crippen LogP contribution in [0, 0.1) is 5.82 Å². The monoisotopic (exact) mass is 357 g/mol. The number of rotatable bonds is 4. The second-order valence-electron chi connectivity index (χ2n) is 4.43. The summed E-state index contributed by atoms with van der Waals surface area (Å²) >= 11 is 9.28. The van der Waals surface area contributed by atoms with Crippen molar-refractivity contribution in [3.63, 3.8) is 0 Å². The molecular weight excluding hydrogens is 345 g/mol.